The van der Waals surface area contributed by atoms with E-state index in [1.54, 1.807) is 0 Å². The standard InChI is InChI=1S/C6H14.C4H11N/c1-5-6(2,3)4;1-4(2,3)5/h5H2,1-4H3;5H2,1-3H3. The first-order valence-electron chi connectivity index (χ1n) is 4.35. The van der Waals surface area contributed by atoms with Crippen LogP contribution >= 0.6 is 0 Å². The second-order valence-corrected chi connectivity index (χ2v) is 5.28. The molecule has 0 spiro atoms. The van der Waals surface area contributed by atoms with Gasteiger partial charge in [0.1, 0.15) is 0 Å². The topological polar surface area (TPSA) is 26.0 Å². The largest absolute Gasteiger partial charge is 0.326 e. The predicted octanol–water partition coefficient (Wildman–Crippen LogP) is 3.19. The summed E-state index contributed by atoms with van der Waals surface area (Å²) in [5.41, 5.74) is 5.90. The van der Waals surface area contributed by atoms with Gasteiger partial charge >= 0.3 is 0 Å². The monoisotopic (exact) mass is 159 g/mol. The number of rotatable bonds is 0. The van der Waals surface area contributed by atoms with E-state index in [0.717, 1.165) is 0 Å². The molecule has 70 valence electrons. The van der Waals surface area contributed by atoms with E-state index in [1.165, 1.54) is 6.42 Å². The van der Waals surface area contributed by atoms with Crippen LogP contribution in [0.25, 0.3) is 0 Å². The Morgan fingerprint density at radius 1 is 0.909 bits per heavy atom. The van der Waals surface area contributed by atoms with Crippen molar-refractivity contribution in [3.63, 3.8) is 0 Å². The minimum Gasteiger partial charge on any atom is -0.326 e. The fourth-order valence-electron chi connectivity index (χ4n) is 0. The Morgan fingerprint density at radius 2 is 1.00 bits per heavy atom. The highest BCUT2D eigenvalue weighted by molar-refractivity contribution is 4.60. The van der Waals surface area contributed by atoms with E-state index < -0.39 is 0 Å². The zero-order chi connectivity index (χ0) is 9.71. The summed E-state index contributed by atoms with van der Waals surface area (Å²) in [6, 6.07) is 0. The molecule has 0 aliphatic rings. The molecule has 1 nitrogen and oxygen atoms in total. The van der Waals surface area contributed by atoms with Crippen LogP contribution in [-0.2, 0) is 0 Å². The molecule has 0 saturated carbocycles. The predicted molar refractivity (Wildman–Crippen MR) is 53.7 cm³/mol. The third kappa shape index (κ3) is 72.0. The van der Waals surface area contributed by atoms with Gasteiger partial charge < -0.3 is 5.73 Å². The van der Waals surface area contributed by atoms with Gasteiger partial charge in [-0.2, -0.15) is 0 Å². The van der Waals surface area contributed by atoms with Gasteiger partial charge in [-0.3, -0.25) is 0 Å². The first kappa shape index (κ1) is 13.5. The molecular weight excluding hydrogens is 134 g/mol. The maximum Gasteiger partial charge on any atom is 0.00686 e. The molecule has 0 radical (unpaired) electrons. The van der Waals surface area contributed by atoms with Crippen LogP contribution in [0.4, 0.5) is 0 Å². The van der Waals surface area contributed by atoms with Crippen LogP contribution in [0.1, 0.15) is 54.9 Å². The first-order valence-corrected chi connectivity index (χ1v) is 4.35. The Balaban J connectivity index is 0. The summed E-state index contributed by atoms with van der Waals surface area (Å²) in [4.78, 5) is 0. The van der Waals surface area contributed by atoms with Crippen molar-refractivity contribution in [1.82, 2.24) is 0 Å². The maximum absolute atomic E-state index is 5.35. The lowest BCUT2D eigenvalue weighted by atomic mass is 9.94. The summed E-state index contributed by atoms with van der Waals surface area (Å²) < 4.78 is 0. The highest BCUT2D eigenvalue weighted by Gasteiger charge is 2.03. The summed E-state index contributed by atoms with van der Waals surface area (Å²) in [5.74, 6) is 0. The highest BCUT2D eigenvalue weighted by Crippen LogP contribution is 2.16. The average molecular weight is 159 g/mol. The molecule has 0 heterocycles. The molecule has 11 heavy (non-hydrogen) atoms. The molecular formula is C10H25N. The molecule has 0 saturated heterocycles. The minimum atomic E-state index is 0. The lowest BCUT2D eigenvalue weighted by Gasteiger charge is -2.12. The molecule has 0 unspecified atom stereocenters. The summed E-state index contributed by atoms with van der Waals surface area (Å²) in [5, 5.41) is 0. The zero-order valence-corrected chi connectivity index (χ0v) is 9.28. The molecule has 0 rings (SSSR count). The van der Waals surface area contributed by atoms with Gasteiger partial charge in [-0.25, -0.2) is 0 Å². The van der Waals surface area contributed by atoms with E-state index in [9.17, 15) is 0 Å². The van der Waals surface area contributed by atoms with Gasteiger partial charge in [-0.05, 0) is 26.2 Å². The molecule has 0 aromatic carbocycles. The molecule has 0 bridgehead atoms. The van der Waals surface area contributed by atoms with Crippen molar-refractivity contribution < 1.29 is 0 Å². The fourth-order valence-corrected chi connectivity index (χ4v) is 0. The first-order chi connectivity index (χ1) is 4.56. The Morgan fingerprint density at radius 3 is 1.00 bits per heavy atom. The molecule has 0 aliphatic heterocycles. The Hall–Kier alpha value is -0.0400. The maximum atomic E-state index is 5.35. The highest BCUT2D eigenvalue weighted by atomic mass is 14.7. The third-order valence-electron chi connectivity index (χ3n) is 1.06. The van der Waals surface area contributed by atoms with Gasteiger partial charge in [0.25, 0.3) is 0 Å². The van der Waals surface area contributed by atoms with Gasteiger partial charge in [0.2, 0.25) is 0 Å². The molecule has 0 fully saturated rings. The lowest BCUT2D eigenvalue weighted by molar-refractivity contribution is 0.398. The molecule has 2 N–H and O–H groups in total. The second kappa shape index (κ2) is 4.76. The molecule has 0 aromatic rings. The van der Waals surface area contributed by atoms with Crippen molar-refractivity contribution in [2.75, 3.05) is 0 Å². The van der Waals surface area contributed by atoms with Crippen molar-refractivity contribution in [2.24, 2.45) is 11.1 Å². The van der Waals surface area contributed by atoms with Crippen LogP contribution in [-0.4, -0.2) is 5.54 Å². The fraction of sp³-hybridized carbons (Fsp3) is 1.00. The van der Waals surface area contributed by atoms with Gasteiger partial charge in [0, 0.05) is 5.54 Å². The molecule has 0 aromatic heterocycles. The number of nitrogens with two attached hydrogens (primary N) is 1. The van der Waals surface area contributed by atoms with E-state index in [1.807, 2.05) is 20.8 Å². The molecule has 0 amide bonds. The van der Waals surface area contributed by atoms with E-state index >= 15 is 0 Å². The van der Waals surface area contributed by atoms with E-state index in [0.29, 0.717) is 5.41 Å². The Labute approximate surface area is 72.4 Å². The third-order valence-corrected chi connectivity index (χ3v) is 1.06. The summed E-state index contributed by atoms with van der Waals surface area (Å²) in [6.07, 6.45) is 1.27. The minimum absolute atomic E-state index is 0. The van der Waals surface area contributed by atoms with Crippen LogP contribution in [0, 0.1) is 5.41 Å². The molecule has 1 heteroatoms. The summed E-state index contributed by atoms with van der Waals surface area (Å²) >= 11 is 0. The zero-order valence-electron chi connectivity index (χ0n) is 9.28. The van der Waals surface area contributed by atoms with Gasteiger partial charge in [-0.15, -0.1) is 0 Å². The van der Waals surface area contributed by atoms with Crippen LogP contribution in [0.15, 0.2) is 0 Å². The summed E-state index contributed by atoms with van der Waals surface area (Å²) in [6.45, 7) is 14.8. The Bertz CT molecular complexity index is 76.0. The molecule has 0 atom stereocenters. The number of hydrogen-bond donors (Lipinski definition) is 1. The van der Waals surface area contributed by atoms with Crippen molar-refractivity contribution in [2.45, 2.75) is 60.4 Å². The van der Waals surface area contributed by atoms with Crippen molar-refractivity contribution in [3.05, 3.63) is 0 Å². The van der Waals surface area contributed by atoms with Crippen molar-refractivity contribution in [1.29, 1.82) is 0 Å². The number of hydrogen-bond acceptors (Lipinski definition) is 1. The normalized spacial score (nSPS) is 12.0. The average Bonchev–Trinajstić information content (AvgIpc) is 1.59. The smallest absolute Gasteiger partial charge is 0.00686 e. The SMILES string of the molecule is CC(C)(C)N.CCC(C)(C)C. The van der Waals surface area contributed by atoms with E-state index in [2.05, 4.69) is 27.7 Å². The molecule has 0 aliphatic carbocycles. The van der Waals surface area contributed by atoms with Crippen LogP contribution in [0.2, 0.25) is 0 Å². The van der Waals surface area contributed by atoms with Gasteiger partial charge in [0.15, 0.2) is 0 Å². The van der Waals surface area contributed by atoms with Gasteiger partial charge in [-0.1, -0.05) is 34.1 Å². The quantitative estimate of drug-likeness (QED) is 0.577. The van der Waals surface area contributed by atoms with Crippen LogP contribution in [0.3, 0.4) is 0 Å². The van der Waals surface area contributed by atoms with E-state index in [-0.39, 0.29) is 5.54 Å². The van der Waals surface area contributed by atoms with Crippen LogP contribution < -0.4 is 5.73 Å². The second-order valence-electron chi connectivity index (χ2n) is 5.28. The lowest BCUT2D eigenvalue weighted by Crippen LogP contribution is -2.26. The van der Waals surface area contributed by atoms with Gasteiger partial charge in [0.05, 0.1) is 0 Å². The van der Waals surface area contributed by atoms with Crippen LogP contribution in [0.5, 0.6) is 0 Å². The Kier molecular flexibility index (Phi) is 5.86. The van der Waals surface area contributed by atoms with Crippen molar-refractivity contribution in [3.8, 4) is 0 Å². The summed E-state index contributed by atoms with van der Waals surface area (Å²) in [7, 11) is 0. The van der Waals surface area contributed by atoms with E-state index in [4.69, 9.17) is 5.73 Å². The van der Waals surface area contributed by atoms with Crippen molar-refractivity contribution >= 4 is 0 Å².